The van der Waals surface area contributed by atoms with E-state index >= 15 is 0 Å². The molecular formula is C22H26IN7O. The van der Waals surface area contributed by atoms with E-state index in [1.54, 1.807) is 13.2 Å². The molecule has 3 heterocycles. The number of rotatable bonds is 7. The van der Waals surface area contributed by atoms with Crippen molar-refractivity contribution in [3.63, 3.8) is 0 Å². The zero-order chi connectivity index (χ0) is 20.8. The zero-order valence-corrected chi connectivity index (χ0v) is 19.9. The van der Waals surface area contributed by atoms with Gasteiger partial charge in [0.25, 0.3) is 5.89 Å². The number of nitrogens with one attached hydrogen (secondary N) is 3. The van der Waals surface area contributed by atoms with Crippen LogP contribution >= 0.6 is 24.0 Å². The number of pyridine rings is 1. The second-order valence-electron chi connectivity index (χ2n) is 6.93. The van der Waals surface area contributed by atoms with E-state index in [-0.39, 0.29) is 24.0 Å². The molecule has 0 bridgehead atoms. The Balaban J connectivity index is 0.00000272. The summed E-state index contributed by atoms with van der Waals surface area (Å²) < 4.78 is 5.29. The molecule has 4 rings (SSSR count). The average Bonchev–Trinajstić information content (AvgIpc) is 3.37. The van der Waals surface area contributed by atoms with Gasteiger partial charge in [-0.1, -0.05) is 29.4 Å². The smallest absolute Gasteiger partial charge is 0.276 e. The number of H-pyrrole nitrogens is 1. The van der Waals surface area contributed by atoms with Gasteiger partial charge in [0, 0.05) is 49.4 Å². The van der Waals surface area contributed by atoms with Gasteiger partial charge in [0.2, 0.25) is 0 Å². The van der Waals surface area contributed by atoms with E-state index in [9.17, 15) is 0 Å². The van der Waals surface area contributed by atoms with Gasteiger partial charge in [-0.3, -0.25) is 9.98 Å². The fourth-order valence-corrected chi connectivity index (χ4v) is 3.42. The second kappa shape index (κ2) is 10.9. The van der Waals surface area contributed by atoms with Gasteiger partial charge in [-0.05, 0) is 37.1 Å². The highest BCUT2D eigenvalue weighted by Gasteiger charge is 2.10. The van der Waals surface area contributed by atoms with Crippen molar-refractivity contribution < 1.29 is 4.52 Å². The maximum absolute atomic E-state index is 5.29. The van der Waals surface area contributed by atoms with E-state index in [1.165, 1.54) is 22.2 Å². The Morgan fingerprint density at radius 2 is 1.84 bits per heavy atom. The molecule has 8 nitrogen and oxygen atoms in total. The Hall–Kier alpha value is -2.95. The lowest BCUT2D eigenvalue weighted by molar-refractivity contribution is 0.421. The van der Waals surface area contributed by atoms with Crippen LogP contribution in [-0.2, 0) is 12.8 Å². The number of fused-ring (bicyclic) bond motifs is 1. The van der Waals surface area contributed by atoms with Crippen LogP contribution in [-0.4, -0.2) is 46.2 Å². The summed E-state index contributed by atoms with van der Waals surface area (Å²) in [5.41, 5.74) is 4.40. The summed E-state index contributed by atoms with van der Waals surface area (Å²) in [6.45, 7) is 3.55. The van der Waals surface area contributed by atoms with E-state index in [0.717, 1.165) is 18.9 Å². The average molecular weight is 531 g/mol. The molecular weight excluding hydrogens is 505 g/mol. The van der Waals surface area contributed by atoms with Gasteiger partial charge < -0.3 is 20.1 Å². The van der Waals surface area contributed by atoms with E-state index in [0.29, 0.717) is 30.4 Å². The molecule has 0 saturated carbocycles. The fourth-order valence-electron chi connectivity index (χ4n) is 3.42. The molecule has 1 aromatic carbocycles. The van der Waals surface area contributed by atoms with Crippen molar-refractivity contribution in [2.45, 2.75) is 19.8 Å². The summed E-state index contributed by atoms with van der Waals surface area (Å²) in [6.07, 6.45) is 3.24. The molecule has 0 fully saturated rings. The molecule has 0 spiro atoms. The summed E-state index contributed by atoms with van der Waals surface area (Å²) in [7, 11) is 1.76. The Bertz CT molecular complexity index is 1140. The van der Waals surface area contributed by atoms with Crippen LogP contribution in [0.5, 0.6) is 0 Å². The first kappa shape index (κ1) is 22.7. The predicted octanol–water partition coefficient (Wildman–Crippen LogP) is 3.49. The number of nitrogens with zero attached hydrogens (tertiary/aromatic N) is 4. The van der Waals surface area contributed by atoms with Crippen LogP contribution in [0.4, 0.5) is 0 Å². The number of aryl methyl sites for hydroxylation is 1. The predicted molar refractivity (Wildman–Crippen MR) is 133 cm³/mol. The highest BCUT2D eigenvalue weighted by atomic mass is 127. The first-order valence-corrected chi connectivity index (χ1v) is 9.99. The minimum atomic E-state index is 0. The standard InChI is InChI=1S/C22H25N7O.HI/c1-15-16(17-7-3-4-8-18(17)27-15)10-13-25-22(23-2)26-14-11-20-28-21(30-29-20)19-9-5-6-12-24-19;/h3-9,12,27H,10-11,13-14H2,1-2H3,(H2,23,25,26);1H. The number of hydrogen-bond acceptors (Lipinski definition) is 5. The molecule has 0 aliphatic rings. The third-order valence-corrected chi connectivity index (χ3v) is 4.91. The maximum atomic E-state index is 5.29. The molecule has 31 heavy (non-hydrogen) atoms. The van der Waals surface area contributed by atoms with Crippen LogP contribution < -0.4 is 10.6 Å². The monoisotopic (exact) mass is 531 g/mol. The van der Waals surface area contributed by atoms with Crippen molar-refractivity contribution >= 4 is 40.8 Å². The van der Waals surface area contributed by atoms with Crippen molar-refractivity contribution in [2.75, 3.05) is 20.1 Å². The Morgan fingerprint density at radius 3 is 2.61 bits per heavy atom. The molecule has 4 aromatic rings. The van der Waals surface area contributed by atoms with Crippen LogP contribution in [0.2, 0.25) is 0 Å². The van der Waals surface area contributed by atoms with Crippen molar-refractivity contribution in [3.05, 3.63) is 65.7 Å². The summed E-state index contributed by atoms with van der Waals surface area (Å²) in [5, 5.41) is 12.0. The second-order valence-corrected chi connectivity index (χ2v) is 6.93. The highest BCUT2D eigenvalue weighted by Crippen LogP contribution is 2.21. The first-order chi connectivity index (χ1) is 14.7. The van der Waals surface area contributed by atoms with Crippen LogP contribution in [0, 0.1) is 6.92 Å². The number of halogens is 1. The van der Waals surface area contributed by atoms with Gasteiger partial charge in [-0.15, -0.1) is 24.0 Å². The third kappa shape index (κ3) is 5.60. The van der Waals surface area contributed by atoms with Crippen LogP contribution in [0.15, 0.2) is 58.2 Å². The maximum Gasteiger partial charge on any atom is 0.276 e. The lowest BCUT2D eigenvalue weighted by Crippen LogP contribution is -2.39. The van der Waals surface area contributed by atoms with Gasteiger partial charge >= 0.3 is 0 Å². The van der Waals surface area contributed by atoms with E-state index in [2.05, 4.69) is 66.9 Å². The fraction of sp³-hybridized carbons (Fsp3) is 0.273. The molecule has 162 valence electrons. The van der Waals surface area contributed by atoms with Gasteiger partial charge in [0.05, 0.1) is 0 Å². The molecule has 0 atom stereocenters. The Labute approximate surface area is 198 Å². The highest BCUT2D eigenvalue weighted by molar-refractivity contribution is 14.0. The number of aromatic amines is 1. The van der Waals surface area contributed by atoms with Gasteiger partial charge in [0.15, 0.2) is 11.8 Å². The number of benzene rings is 1. The zero-order valence-electron chi connectivity index (χ0n) is 17.6. The molecule has 3 N–H and O–H groups in total. The molecule has 0 aliphatic carbocycles. The van der Waals surface area contributed by atoms with E-state index in [1.807, 2.05) is 18.2 Å². The van der Waals surface area contributed by atoms with Crippen molar-refractivity contribution in [3.8, 4) is 11.6 Å². The third-order valence-electron chi connectivity index (χ3n) is 4.91. The molecule has 9 heteroatoms. The van der Waals surface area contributed by atoms with Crippen LogP contribution in [0.3, 0.4) is 0 Å². The van der Waals surface area contributed by atoms with Crippen LogP contribution in [0.25, 0.3) is 22.5 Å². The number of guanidine groups is 1. The topological polar surface area (TPSA) is 104 Å². The van der Waals surface area contributed by atoms with Crippen molar-refractivity contribution in [2.24, 2.45) is 4.99 Å². The largest absolute Gasteiger partial charge is 0.358 e. The Morgan fingerprint density at radius 1 is 1.06 bits per heavy atom. The molecule has 3 aromatic heterocycles. The number of aromatic nitrogens is 4. The van der Waals surface area contributed by atoms with Gasteiger partial charge in [-0.2, -0.15) is 4.98 Å². The lowest BCUT2D eigenvalue weighted by Gasteiger charge is -2.11. The van der Waals surface area contributed by atoms with Gasteiger partial charge in [0.1, 0.15) is 5.69 Å². The van der Waals surface area contributed by atoms with Crippen molar-refractivity contribution in [1.82, 2.24) is 30.7 Å². The normalized spacial score (nSPS) is 11.4. The summed E-state index contributed by atoms with van der Waals surface area (Å²) in [5.74, 6) is 1.82. The lowest BCUT2D eigenvalue weighted by atomic mass is 10.1. The number of aliphatic imine (C=N–C) groups is 1. The molecule has 0 saturated heterocycles. The summed E-state index contributed by atoms with van der Waals surface area (Å²) in [4.78, 5) is 16.3. The van der Waals surface area contributed by atoms with Gasteiger partial charge in [-0.25, -0.2) is 0 Å². The molecule has 0 unspecified atom stereocenters. The summed E-state index contributed by atoms with van der Waals surface area (Å²) in [6, 6.07) is 14.0. The van der Waals surface area contributed by atoms with Crippen LogP contribution in [0.1, 0.15) is 17.1 Å². The summed E-state index contributed by atoms with van der Waals surface area (Å²) >= 11 is 0. The minimum Gasteiger partial charge on any atom is -0.358 e. The number of hydrogen-bond donors (Lipinski definition) is 3. The Kier molecular flexibility index (Phi) is 7.99. The van der Waals surface area contributed by atoms with E-state index in [4.69, 9.17) is 4.52 Å². The van der Waals surface area contributed by atoms with Crippen molar-refractivity contribution in [1.29, 1.82) is 0 Å². The van der Waals surface area contributed by atoms with E-state index < -0.39 is 0 Å². The molecule has 0 amide bonds. The first-order valence-electron chi connectivity index (χ1n) is 9.99. The molecule has 0 aliphatic heterocycles. The quantitative estimate of drug-likeness (QED) is 0.192. The number of para-hydroxylation sites is 1. The SMILES string of the molecule is CN=C(NCCc1noc(-c2ccccn2)n1)NCCc1c(C)[nH]c2ccccc12.I. The molecule has 0 radical (unpaired) electrons. The minimum absolute atomic E-state index is 0.